The normalized spacial score (nSPS) is 10.8. The van der Waals surface area contributed by atoms with Crippen molar-refractivity contribution in [1.29, 1.82) is 5.26 Å². The molecule has 0 atom stereocenters. The lowest BCUT2D eigenvalue weighted by molar-refractivity contribution is 0.238. The summed E-state index contributed by atoms with van der Waals surface area (Å²) < 4.78 is 4.03. The molecule has 0 saturated carbocycles. The Hall–Kier alpha value is -0.430. The third kappa shape index (κ3) is 3.90. The lowest BCUT2D eigenvalue weighted by atomic mass is 10.2. The molecule has 0 aromatic heterocycles. The zero-order valence-corrected chi connectivity index (χ0v) is 10.8. The summed E-state index contributed by atoms with van der Waals surface area (Å²) in [5, 5.41) is 9.44. The van der Waals surface area contributed by atoms with E-state index in [2.05, 4.69) is 15.9 Å². The summed E-state index contributed by atoms with van der Waals surface area (Å²) in [6, 6.07) is 8.82. The maximum Gasteiger partial charge on any atom is 0.259 e. The van der Waals surface area contributed by atoms with Gasteiger partial charge in [-0.2, -0.15) is 5.26 Å². The quantitative estimate of drug-likeness (QED) is 0.791. The van der Waals surface area contributed by atoms with Crippen molar-refractivity contribution in [2.24, 2.45) is 0 Å². The van der Waals surface area contributed by atoms with Crippen LogP contribution in [-0.2, 0) is 0 Å². The van der Waals surface area contributed by atoms with Crippen molar-refractivity contribution in [3.63, 3.8) is 0 Å². The summed E-state index contributed by atoms with van der Waals surface area (Å²) in [7, 11) is 0. The summed E-state index contributed by atoms with van der Waals surface area (Å²) in [6.45, 7) is 0. The van der Waals surface area contributed by atoms with Crippen LogP contribution in [-0.4, -0.2) is 9.85 Å². The van der Waals surface area contributed by atoms with Crippen LogP contribution in [0.4, 0.5) is 0 Å². The molecule has 5 heteroatoms. The summed E-state index contributed by atoms with van der Waals surface area (Å²) in [6.07, 6.45) is 0.426. The van der Waals surface area contributed by atoms with E-state index in [0.717, 1.165) is 0 Å². The SMILES string of the molecule is N#Cc1ccccc1OC(Cl)(Cl)CCBr. The Balaban J connectivity index is 2.85. The maximum atomic E-state index is 8.82. The van der Waals surface area contributed by atoms with Crippen molar-refractivity contribution in [3.05, 3.63) is 29.8 Å². The van der Waals surface area contributed by atoms with E-state index >= 15 is 0 Å². The molecular weight excluding hydrogens is 301 g/mol. The first-order valence-electron chi connectivity index (χ1n) is 4.21. The highest BCUT2D eigenvalue weighted by atomic mass is 79.9. The number of benzene rings is 1. The molecular formula is C10H8BrCl2NO. The Morgan fingerprint density at radius 2 is 2.07 bits per heavy atom. The van der Waals surface area contributed by atoms with Crippen molar-refractivity contribution in [2.45, 2.75) is 10.9 Å². The van der Waals surface area contributed by atoms with Crippen LogP contribution in [0.5, 0.6) is 5.75 Å². The van der Waals surface area contributed by atoms with E-state index in [0.29, 0.717) is 23.1 Å². The van der Waals surface area contributed by atoms with Gasteiger partial charge in [-0.3, -0.25) is 0 Å². The van der Waals surface area contributed by atoms with E-state index in [1.165, 1.54) is 0 Å². The average molecular weight is 309 g/mol. The van der Waals surface area contributed by atoms with Gasteiger partial charge in [-0.25, -0.2) is 0 Å². The molecule has 0 radical (unpaired) electrons. The van der Waals surface area contributed by atoms with Gasteiger partial charge in [0.15, 0.2) is 0 Å². The molecule has 15 heavy (non-hydrogen) atoms. The number of alkyl halides is 3. The van der Waals surface area contributed by atoms with Crippen LogP contribution in [0.15, 0.2) is 24.3 Å². The molecule has 0 spiro atoms. The molecule has 0 heterocycles. The monoisotopic (exact) mass is 307 g/mol. The molecule has 80 valence electrons. The van der Waals surface area contributed by atoms with E-state index < -0.39 is 4.52 Å². The fraction of sp³-hybridized carbons (Fsp3) is 0.300. The number of rotatable bonds is 4. The van der Waals surface area contributed by atoms with Gasteiger partial charge in [0.2, 0.25) is 0 Å². The second kappa shape index (κ2) is 5.60. The number of halogens is 3. The smallest absolute Gasteiger partial charge is 0.259 e. The molecule has 0 fully saturated rings. The van der Waals surface area contributed by atoms with Crippen LogP contribution < -0.4 is 4.74 Å². The molecule has 1 rings (SSSR count). The lowest BCUT2D eigenvalue weighted by Crippen LogP contribution is -2.22. The molecule has 1 aromatic carbocycles. The van der Waals surface area contributed by atoms with Crippen molar-refractivity contribution in [3.8, 4) is 11.8 Å². The van der Waals surface area contributed by atoms with Gasteiger partial charge in [0.05, 0.1) is 5.56 Å². The van der Waals surface area contributed by atoms with Crippen LogP contribution in [0, 0.1) is 11.3 Å². The van der Waals surface area contributed by atoms with E-state index in [4.69, 9.17) is 33.2 Å². The van der Waals surface area contributed by atoms with E-state index in [-0.39, 0.29) is 0 Å². The first-order valence-corrected chi connectivity index (χ1v) is 6.09. The highest BCUT2D eigenvalue weighted by molar-refractivity contribution is 9.09. The van der Waals surface area contributed by atoms with Gasteiger partial charge in [0, 0.05) is 11.8 Å². The highest BCUT2D eigenvalue weighted by Crippen LogP contribution is 2.31. The fourth-order valence-corrected chi connectivity index (χ4v) is 2.34. The fourth-order valence-electron chi connectivity index (χ4n) is 0.970. The minimum atomic E-state index is -1.31. The number of para-hydroxylation sites is 1. The summed E-state index contributed by atoms with van der Waals surface area (Å²) in [4.78, 5) is 0. The first kappa shape index (κ1) is 12.6. The summed E-state index contributed by atoms with van der Waals surface area (Å²) in [5.41, 5.74) is 0.415. The minimum Gasteiger partial charge on any atom is -0.457 e. The second-order valence-electron chi connectivity index (χ2n) is 2.79. The number of hydrogen-bond donors (Lipinski definition) is 0. The summed E-state index contributed by atoms with van der Waals surface area (Å²) >= 11 is 15.0. The topological polar surface area (TPSA) is 33.0 Å². The predicted molar refractivity (Wildman–Crippen MR) is 64.6 cm³/mol. The van der Waals surface area contributed by atoms with Crippen molar-refractivity contribution in [1.82, 2.24) is 0 Å². The maximum absolute atomic E-state index is 8.82. The number of ether oxygens (including phenoxy) is 1. The Morgan fingerprint density at radius 3 is 2.67 bits per heavy atom. The Morgan fingerprint density at radius 1 is 1.40 bits per heavy atom. The zero-order chi connectivity index (χ0) is 11.3. The molecule has 2 nitrogen and oxygen atoms in total. The van der Waals surface area contributed by atoms with Gasteiger partial charge in [-0.05, 0) is 12.1 Å². The molecule has 0 aliphatic heterocycles. The Kier molecular flexibility index (Phi) is 4.72. The van der Waals surface area contributed by atoms with E-state index in [9.17, 15) is 0 Å². The van der Waals surface area contributed by atoms with Gasteiger partial charge in [0.1, 0.15) is 11.8 Å². The third-order valence-electron chi connectivity index (χ3n) is 1.65. The third-order valence-corrected chi connectivity index (χ3v) is 2.58. The Labute approximate surface area is 107 Å². The largest absolute Gasteiger partial charge is 0.457 e. The Bertz CT molecular complexity index is 376. The zero-order valence-electron chi connectivity index (χ0n) is 7.71. The molecule has 0 unspecified atom stereocenters. The van der Waals surface area contributed by atoms with Gasteiger partial charge in [-0.1, -0.05) is 51.3 Å². The van der Waals surface area contributed by atoms with Crippen molar-refractivity contribution >= 4 is 39.1 Å². The van der Waals surface area contributed by atoms with E-state index in [1.807, 2.05) is 6.07 Å². The highest BCUT2D eigenvalue weighted by Gasteiger charge is 2.26. The molecule has 0 aliphatic carbocycles. The predicted octanol–water partition coefficient (Wildman–Crippen LogP) is 3.85. The summed E-state index contributed by atoms with van der Waals surface area (Å²) in [5.74, 6) is 0.394. The van der Waals surface area contributed by atoms with Gasteiger partial charge in [-0.15, -0.1) is 0 Å². The molecule has 0 saturated heterocycles. The molecule has 1 aromatic rings. The minimum absolute atomic E-state index is 0.394. The average Bonchev–Trinajstić information content (AvgIpc) is 2.17. The number of hydrogen-bond acceptors (Lipinski definition) is 2. The van der Waals surface area contributed by atoms with Crippen LogP contribution in [0.1, 0.15) is 12.0 Å². The standard InChI is InChI=1S/C10H8BrCl2NO/c11-6-5-10(12,13)15-9-4-2-1-3-8(9)7-14/h1-4H,5-6H2. The number of nitrogens with zero attached hydrogens (tertiary/aromatic N) is 1. The molecule has 0 N–H and O–H groups in total. The molecule has 0 aliphatic rings. The molecule has 0 amide bonds. The van der Waals surface area contributed by atoms with Crippen molar-refractivity contribution in [2.75, 3.05) is 5.33 Å². The van der Waals surface area contributed by atoms with Crippen LogP contribution in [0.25, 0.3) is 0 Å². The second-order valence-corrected chi connectivity index (χ2v) is 4.99. The van der Waals surface area contributed by atoms with Crippen LogP contribution in [0.3, 0.4) is 0 Å². The van der Waals surface area contributed by atoms with Gasteiger partial charge in [0.25, 0.3) is 4.52 Å². The van der Waals surface area contributed by atoms with Gasteiger partial charge < -0.3 is 4.74 Å². The van der Waals surface area contributed by atoms with Crippen LogP contribution >= 0.6 is 39.1 Å². The van der Waals surface area contributed by atoms with Crippen LogP contribution in [0.2, 0.25) is 0 Å². The number of nitriles is 1. The first-order chi connectivity index (χ1) is 7.09. The lowest BCUT2D eigenvalue weighted by Gasteiger charge is -2.20. The van der Waals surface area contributed by atoms with Crippen molar-refractivity contribution < 1.29 is 4.74 Å². The molecule has 0 bridgehead atoms. The van der Waals surface area contributed by atoms with Gasteiger partial charge >= 0.3 is 0 Å². The van der Waals surface area contributed by atoms with E-state index in [1.54, 1.807) is 24.3 Å².